The van der Waals surface area contributed by atoms with Crippen LogP contribution in [0.25, 0.3) is 0 Å². The first kappa shape index (κ1) is 14.9. The Hall–Kier alpha value is -2.49. The van der Waals surface area contributed by atoms with E-state index in [9.17, 15) is 4.79 Å². The van der Waals surface area contributed by atoms with E-state index in [1.54, 1.807) is 6.07 Å². The first-order valence-corrected chi connectivity index (χ1v) is 6.73. The minimum absolute atomic E-state index is 0.395. The molecule has 0 atom stereocenters. The van der Waals surface area contributed by atoms with Crippen molar-refractivity contribution in [3.8, 4) is 0 Å². The minimum atomic E-state index is -0.421. The molecule has 110 valence electrons. The SMILES string of the molecule is COC(=O)c1cc(N(C)c2cccc(C)c2)cc(C)c1N. The molecule has 0 saturated carbocycles. The maximum Gasteiger partial charge on any atom is 0.340 e. The van der Waals surface area contributed by atoms with Gasteiger partial charge < -0.3 is 15.4 Å². The molecule has 0 spiro atoms. The third kappa shape index (κ3) is 2.99. The van der Waals surface area contributed by atoms with E-state index in [4.69, 9.17) is 10.5 Å². The largest absolute Gasteiger partial charge is 0.465 e. The number of hydrogen-bond acceptors (Lipinski definition) is 4. The van der Waals surface area contributed by atoms with E-state index < -0.39 is 5.97 Å². The highest BCUT2D eigenvalue weighted by Crippen LogP contribution is 2.30. The summed E-state index contributed by atoms with van der Waals surface area (Å²) in [6.07, 6.45) is 0. The number of carbonyl (C=O) groups is 1. The van der Waals surface area contributed by atoms with Gasteiger partial charge in [-0.25, -0.2) is 4.79 Å². The fourth-order valence-electron chi connectivity index (χ4n) is 2.24. The van der Waals surface area contributed by atoms with Gasteiger partial charge in [-0.2, -0.15) is 0 Å². The van der Waals surface area contributed by atoms with Gasteiger partial charge in [0.25, 0.3) is 0 Å². The molecule has 4 heteroatoms. The van der Waals surface area contributed by atoms with Crippen molar-refractivity contribution < 1.29 is 9.53 Å². The van der Waals surface area contributed by atoms with Gasteiger partial charge >= 0.3 is 5.97 Å². The molecular formula is C17H20N2O2. The Kier molecular flexibility index (Phi) is 4.17. The van der Waals surface area contributed by atoms with E-state index in [2.05, 4.69) is 6.07 Å². The number of methoxy groups -OCH3 is 1. The van der Waals surface area contributed by atoms with Gasteiger partial charge in [0, 0.05) is 24.1 Å². The predicted molar refractivity (Wildman–Crippen MR) is 86.2 cm³/mol. The second-order valence-electron chi connectivity index (χ2n) is 5.11. The molecule has 0 aromatic heterocycles. The Balaban J connectivity index is 2.49. The number of carbonyl (C=O) groups excluding carboxylic acids is 1. The molecule has 2 N–H and O–H groups in total. The Morgan fingerprint density at radius 1 is 1.14 bits per heavy atom. The first-order chi connectivity index (χ1) is 9.93. The van der Waals surface area contributed by atoms with Crippen LogP contribution in [0.3, 0.4) is 0 Å². The summed E-state index contributed by atoms with van der Waals surface area (Å²) in [5.74, 6) is -0.421. The molecule has 4 nitrogen and oxygen atoms in total. The summed E-state index contributed by atoms with van der Waals surface area (Å²) in [4.78, 5) is 13.9. The molecule has 0 aliphatic carbocycles. The predicted octanol–water partition coefficient (Wildman–Crippen LogP) is 3.44. The molecule has 2 aromatic rings. The minimum Gasteiger partial charge on any atom is -0.465 e. The van der Waals surface area contributed by atoms with E-state index in [1.807, 2.05) is 50.1 Å². The molecule has 0 heterocycles. The fraction of sp³-hybridized carbons (Fsp3) is 0.235. The standard InChI is InChI=1S/C17H20N2O2/c1-11-6-5-7-13(8-11)19(3)14-9-12(2)16(18)15(10-14)17(20)21-4/h5-10H,18H2,1-4H3. The van der Waals surface area contributed by atoms with Crippen molar-refractivity contribution in [2.75, 3.05) is 24.8 Å². The van der Waals surface area contributed by atoms with Gasteiger partial charge in [-0.1, -0.05) is 12.1 Å². The van der Waals surface area contributed by atoms with Gasteiger partial charge in [0.1, 0.15) is 0 Å². The molecule has 2 aromatic carbocycles. The van der Waals surface area contributed by atoms with Gasteiger partial charge in [0.2, 0.25) is 0 Å². The second-order valence-corrected chi connectivity index (χ2v) is 5.11. The Bertz CT molecular complexity index is 680. The van der Waals surface area contributed by atoms with Gasteiger partial charge in [-0.05, 0) is 49.2 Å². The summed E-state index contributed by atoms with van der Waals surface area (Å²) < 4.78 is 4.79. The van der Waals surface area contributed by atoms with Crippen molar-refractivity contribution >= 4 is 23.0 Å². The van der Waals surface area contributed by atoms with Crippen LogP contribution in [0.15, 0.2) is 36.4 Å². The first-order valence-electron chi connectivity index (χ1n) is 6.73. The van der Waals surface area contributed by atoms with Crippen LogP contribution in [0.1, 0.15) is 21.5 Å². The molecule has 21 heavy (non-hydrogen) atoms. The van der Waals surface area contributed by atoms with Gasteiger partial charge in [0.15, 0.2) is 0 Å². The highest BCUT2D eigenvalue weighted by Gasteiger charge is 2.15. The number of nitrogens with two attached hydrogens (primary N) is 1. The molecule has 0 bridgehead atoms. The van der Waals surface area contributed by atoms with Crippen LogP contribution in [0.5, 0.6) is 0 Å². The molecule has 0 saturated heterocycles. The molecule has 0 aliphatic rings. The topological polar surface area (TPSA) is 55.6 Å². The van der Waals surface area contributed by atoms with Gasteiger partial charge in [-0.3, -0.25) is 0 Å². The Labute approximate surface area is 125 Å². The van der Waals surface area contributed by atoms with Crippen molar-refractivity contribution in [3.63, 3.8) is 0 Å². The zero-order chi connectivity index (χ0) is 15.6. The number of hydrogen-bond donors (Lipinski definition) is 1. The Morgan fingerprint density at radius 3 is 2.48 bits per heavy atom. The number of benzene rings is 2. The monoisotopic (exact) mass is 284 g/mol. The van der Waals surface area contributed by atoms with E-state index in [1.165, 1.54) is 12.7 Å². The van der Waals surface area contributed by atoms with Crippen LogP contribution in [0, 0.1) is 13.8 Å². The summed E-state index contributed by atoms with van der Waals surface area (Å²) in [6.45, 7) is 3.93. The summed E-state index contributed by atoms with van der Waals surface area (Å²) in [6, 6.07) is 11.9. The lowest BCUT2D eigenvalue weighted by molar-refractivity contribution is 0.0602. The maximum absolute atomic E-state index is 11.8. The van der Waals surface area contributed by atoms with Crippen molar-refractivity contribution in [2.24, 2.45) is 0 Å². The number of anilines is 3. The average Bonchev–Trinajstić information content (AvgIpc) is 2.48. The van der Waals surface area contributed by atoms with Crippen molar-refractivity contribution in [3.05, 3.63) is 53.1 Å². The number of aryl methyl sites for hydroxylation is 2. The van der Waals surface area contributed by atoms with Crippen molar-refractivity contribution in [2.45, 2.75) is 13.8 Å². The average molecular weight is 284 g/mol. The highest BCUT2D eigenvalue weighted by molar-refractivity contribution is 5.97. The zero-order valence-electron chi connectivity index (χ0n) is 12.8. The van der Waals surface area contributed by atoms with Crippen molar-refractivity contribution in [1.29, 1.82) is 0 Å². The normalized spacial score (nSPS) is 10.3. The van der Waals surface area contributed by atoms with Crippen LogP contribution in [-0.4, -0.2) is 20.1 Å². The third-order valence-corrected chi connectivity index (χ3v) is 3.55. The van der Waals surface area contributed by atoms with E-state index in [0.29, 0.717) is 11.3 Å². The van der Waals surface area contributed by atoms with E-state index in [0.717, 1.165) is 16.9 Å². The highest BCUT2D eigenvalue weighted by atomic mass is 16.5. The molecule has 0 fully saturated rings. The molecule has 0 aliphatic heterocycles. The van der Waals surface area contributed by atoms with Crippen LogP contribution < -0.4 is 10.6 Å². The number of esters is 1. The summed E-state index contributed by atoms with van der Waals surface area (Å²) >= 11 is 0. The lowest BCUT2D eigenvalue weighted by Gasteiger charge is -2.22. The maximum atomic E-state index is 11.8. The molecule has 0 unspecified atom stereocenters. The van der Waals surface area contributed by atoms with Crippen LogP contribution in [-0.2, 0) is 4.74 Å². The Morgan fingerprint density at radius 2 is 1.86 bits per heavy atom. The van der Waals surface area contributed by atoms with Gasteiger partial charge in [-0.15, -0.1) is 0 Å². The van der Waals surface area contributed by atoms with Gasteiger partial charge in [0.05, 0.1) is 12.7 Å². The fourth-order valence-corrected chi connectivity index (χ4v) is 2.24. The summed E-state index contributed by atoms with van der Waals surface area (Å²) in [5.41, 5.74) is 10.8. The summed E-state index contributed by atoms with van der Waals surface area (Å²) in [7, 11) is 3.31. The summed E-state index contributed by atoms with van der Waals surface area (Å²) in [5, 5.41) is 0. The van der Waals surface area contributed by atoms with E-state index >= 15 is 0 Å². The zero-order valence-corrected chi connectivity index (χ0v) is 12.8. The number of rotatable bonds is 3. The van der Waals surface area contributed by atoms with Crippen LogP contribution in [0.4, 0.5) is 17.1 Å². The molecule has 0 amide bonds. The second kappa shape index (κ2) is 5.87. The lowest BCUT2D eigenvalue weighted by Crippen LogP contribution is -2.13. The smallest absolute Gasteiger partial charge is 0.340 e. The van der Waals surface area contributed by atoms with Crippen LogP contribution >= 0.6 is 0 Å². The number of nitrogen functional groups attached to an aromatic ring is 1. The molecule has 0 radical (unpaired) electrons. The molecule has 2 rings (SSSR count). The lowest BCUT2D eigenvalue weighted by atomic mass is 10.1. The van der Waals surface area contributed by atoms with E-state index in [-0.39, 0.29) is 0 Å². The molecular weight excluding hydrogens is 264 g/mol. The quantitative estimate of drug-likeness (QED) is 0.693. The van der Waals surface area contributed by atoms with Crippen molar-refractivity contribution in [1.82, 2.24) is 0 Å². The third-order valence-electron chi connectivity index (χ3n) is 3.55. The number of ether oxygens (including phenoxy) is 1. The van der Waals surface area contributed by atoms with Crippen LogP contribution in [0.2, 0.25) is 0 Å². The number of nitrogens with zero attached hydrogens (tertiary/aromatic N) is 1.